The lowest BCUT2D eigenvalue weighted by atomic mass is 9.98. The van der Waals surface area contributed by atoms with Crippen LogP contribution in [-0.2, 0) is 9.59 Å². The zero-order chi connectivity index (χ0) is 9.68. The number of carbonyl (C=O) groups excluding carboxylic acids is 2. The third-order valence-corrected chi connectivity index (χ3v) is 2.74. The molecule has 0 atom stereocenters. The molecule has 0 aromatic carbocycles. The van der Waals surface area contributed by atoms with E-state index in [-0.39, 0.29) is 17.5 Å². The van der Waals surface area contributed by atoms with Crippen molar-refractivity contribution in [2.24, 2.45) is 5.92 Å². The third-order valence-electron chi connectivity index (χ3n) is 2.74. The Morgan fingerprint density at radius 3 is 2.23 bits per heavy atom. The summed E-state index contributed by atoms with van der Waals surface area (Å²) in [5.41, 5.74) is 0. The van der Waals surface area contributed by atoms with Crippen LogP contribution in [0.15, 0.2) is 0 Å². The standard InChI is InChI=1S/C11H18O2/c1-2-3-4-5-6-9-10(12)7-8-11(9)13/h9H,2-8H2,1H3. The Kier molecular flexibility index (Phi) is 4.13. The highest BCUT2D eigenvalue weighted by Crippen LogP contribution is 2.23. The van der Waals surface area contributed by atoms with Crippen molar-refractivity contribution in [2.45, 2.75) is 51.9 Å². The fourth-order valence-electron chi connectivity index (χ4n) is 1.87. The van der Waals surface area contributed by atoms with Crippen molar-refractivity contribution in [3.05, 3.63) is 0 Å². The summed E-state index contributed by atoms with van der Waals surface area (Å²) in [4.78, 5) is 22.5. The molecule has 0 aromatic rings. The van der Waals surface area contributed by atoms with Crippen molar-refractivity contribution in [3.63, 3.8) is 0 Å². The third kappa shape index (κ3) is 2.94. The zero-order valence-corrected chi connectivity index (χ0v) is 8.34. The Morgan fingerprint density at radius 2 is 1.69 bits per heavy atom. The maximum Gasteiger partial charge on any atom is 0.143 e. The monoisotopic (exact) mass is 182 g/mol. The first-order valence-corrected chi connectivity index (χ1v) is 5.31. The van der Waals surface area contributed by atoms with Gasteiger partial charge >= 0.3 is 0 Å². The molecule has 0 amide bonds. The van der Waals surface area contributed by atoms with Crippen LogP contribution in [0.3, 0.4) is 0 Å². The van der Waals surface area contributed by atoms with Crippen LogP contribution in [0.25, 0.3) is 0 Å². The molecule has 13 heavy (non-hydrogen) atoms. The molecule has 2 nitrogen and oxygen atoms in total. The molecule has 0 unspecified atom stereocenters. The van der Waals surface area contributed by atoms with E-state index >= 15 is 0 Å². The number of rotatable bonds is 5. The number of hydrogen-bond donors (Lipinski definition) is 0. The van der Waals surface area contributed by atoms with E-state index in [4.69, 9.17) is 0 Å². The number of Topliss-reactive ketones (excluding diaryl/α,β-unsaturated/α-hetero) is 2. The normalized spacial score (nSPS) is 18.5. The minimum Gasteiger partial charge on any atom is -0.299 e. The average molecular weight is 182 g/mol. The molecule has 0 heterocycles. The largest absolute Gasteiger partial charge is 0.299 e. The van der Waals surface area contributed by atoms with E-state index < -0.39 is 0 Å². The Bertz CT molecular complexity index is 180. The van der Waals surface area contributed by atoms with Crippen LogP contribution in [-0.4, -0.2) is 11.6 Å². The lowest BCUT2D eigenvalue weighted by molar-refractivity contribution is -0.127. The van der Waals surface area contributed by atoms with Gasteiger partial charge in [-0.3, -0.25) is 9.59 Å². The molecule has 0 bridgehead atoms. The van der Waals surface area contributed by atoms with Crippen molar-refractivity contribution in [3.8, 4) is 0 Å². The van der Waals surface area contributed by atoms with Gasteiger partial charge in [0.2, 0.25) is 0 Å². The summed E-state index contributed by atoms with van der Waals surface area (Å²) in [5, 5.41) is 0. The summed E-state index contributed by atoms with van der Waals surface area (Å²) >= 11 is 0. The summed E-state index contributed by atoms with van der Waals surface area (Å²) in [6, 6.07) is 0. The van der Waals surface area contributed by atoms with Gasteiger partial charge in [-0.1, -0.05) is 32.6 Å². The number of hydrogen-bond acceptors (Lipinski definition) is 2. The first kappa shape index (κ1) is 10.4. The topological polar surface area (TPSA) is 34.1 Å². The van der Waals surface area contributed by atoms with Gasteiger partial charge in [-0.15, -0.1) is 0 Å². The SMILES string of the molecule is CCCCCCC1C(=O)CCC1=O. The maximum atomic E-state index is 11.2. The molecule has 1 fully saturated rings. The van der Waals surface area contributed by atoms with E-state index in [1.807, 2.05) is 0 Å². The van der Waals surface area contributed by atoms with Gasteiger partial charge in [0, 0.05) is 12.8 Å². The number of carbonyl (C=O) groups is 2. The Balaban J connectivity index is 2.20. The maximum absolute atomic E-state index is 11.2. The Morgan fingerprint density at radius 1 is 1.08 bits per heavy atom. The van der Waals surface area contributed by atoms with Crippen LogP contribution in [0.1, 0.15) is 51.9 Å². The quantitative estimate of drug-likeness (QED) is 0.483. The van der Waals surface area contributed by atoms with Crippen LogP contribution in [0.2, 0.25) is 0 Å². The smallest absolute Gasteiger partial charge is 0.143 e. The predicted molar refractivity (Wildman–Crippen MR) is 51.5 cm³/mol. The Labute approximate surface area is 79.7 Å². The van der Waals surface area contributed by atoms with Crippen LogP contribution in [0, 0.1) is 5.92 Å². The molecule has 74 valence electrons. The lowest BCUT2D eigenvalue weighted by Gasteiger charge is -2.05. The molecule has 0 radical (unpaired) electrons. The molecule has 0 spiro atoms. The second-order valence-electron chi connectivity index (χ2n) is 3.83. The number of unbranched alkanes of at least 4 members (excludes halogenated alkanes) is 3. The van der Waals surface area contributed by atoms with Gasteiger partial charge in [0.1, 0.15) is 11.6 Å². The van der Waals surface area contributed by atoms with Crippen molar-refractivity contribution >= 4 is 11.6 Å². The second kappa shape index (κ2) is 5.15. The first-order valence-electron chi connectivity index (χ1n) is 5.31. The molecule has 0 aromatic heterocycles. The van der Waals surface area contributed by atoms with E-state index in [9.17, 15) is 9.59 Å². The summed E-state index contributed by atoms with van der Waals surface area (Å²) in [6.45, 7) is 2.16. The molecule has 0 saturated heterocycles. The molecule has 0 aliphatic heterocycles. The first-order chi connectivity index (χ1) is 6.25. The highest BCUT2D eigenvalue weighted by Gasteiger charge is 2.31. The van der Waals surface area contributed by atoms with E-state index in [0.29, 0.717) is 12.8 Å². The van der Waals surface area contributed by atoms with Gasteiger partial charge in [0.05, 0.1) is 5.92 Å². The van der Waals surface area contributed by atoms with Gasteiger partial charge in [-0.2, -0.15) is 0 Å². The number of ketones is 2. The average Bonchev–Trinajstić information content (AvgIpc) is 2.42. The molecule has 1 aliphatic rings. The predicted octanol–water partition coefficient (Wildman–Crippen LogP) is 2.51. The van der Waals surface area contributed by atoms with Crippen molar-refractivity contribution in [1.29, 1.82) is 0 Å². The van der Waals surface area contributed by atoms with Crippen LogP contribution < -0.4 is 0 Å². The van der Waals surface area contributed by atoms with Crippen LogP contribution in [0.5, 0.6) is 0 Å². The van der Waals surface area contributed by atoms with E-state index in [2.05, 4.69) is 6.92 Å². The lowest BCUT2D eigenvalue weighted by Crippen LogP contribution is -2.13. The molecule has 1 saturated carbocycles. The summed E-state index contributed by atoms with van der Waals surface area (Å²) in [5.74, 6) is 0.139. The van der Waals surface area contributed by atoms with Crippen LogP contribution >= 0.6 is 0 Å². The summed E-state index contributed by atoms with van der Waals surface area (Å²) < 4.78 is 0. The highest BCUT2D eigenvalue weighted by atomic mass is 16.2. The fraction of sp³-hybridized carbons (Fsp3) is 0.818. The van der Waals surface area contributed by atoms with Gasteiger partial charge < -0.3 is 0 Å². The van der Waals surface area contributed by atoms with E-state index in [1.165, 1.54) is 12.8 Å². The molecule has 1 rings (SSSR count). The van der Waals surface area contributed by atoms with Crippen molar-refractivity contribution in [1.82, 2.24) is 0 Å². The molecule has 2 heteroatoms. The van der Waals surface area contributed by atoms with Crippen molar-refractivity contribution < 1.29 is 9.59 Å². The van der Waals surface area contributed by atoms with E-state index in [0.717, 1.165) is 19.3 Å². The van der Waals surface area contributed by atoms with Gasteiger partial charge in [-0.25, -0.2) is 0 Å². The van der Waals surface area contributed by atoms with Gasteiger partial charge in [0.15, 0.2) is 0 Å². The van der Waals surface area contributed by atoms with Crippen molar-refractivity contribution in [2.75, 3.05) is 0 Å². The minimum absolute atomic E-state index is 0.182. The molecule has 0 N–H and O–H groups in total. The zero-order valence-electron chi connectivity index (χ0n) is 8.34. The molecular formula is C11H18O2. The molecule has 1 aliphatic carbocycles. The van der Waals surface area contributed by atoms with Gasteiger partial charge in [-0.05, 0) is 6.42 Å². The summed E-state index contributed by atoms with van der Waals surface area (Å²) in [7, 11) is 0. The van der Waals surface area contributed by atoms with Crippen LogP contribution in [0.4, 0.5) is 0 Å². The minimum atomic E-state index is -0.225. The fourth-order valence-corrected chi connectivity index (χ4v) is 1.87. The van der Waals surface area contributed by atoms with Gasteiger partial charge in [0.25, 0.3) is 0 Å². The Hall–Kier alpha value is -0.660. The van der Waals surface area contributed by atoms with E-state index in [1.54, 1.807) is 0 Å². The second-order valence-corrected chi connectivity index (χ2v) is 3.83. The highest BCUT2D eigenvalue weighted by molar-refractivity contribution is 6.08. The molecular weight excluding hydrogens is 164 g/mol. The summed E-state index contributed by atoms with van der Waals surface area (Å²) in [6.07, 6.45) is 6.41.